The van der Waals surface area contributed by atoms with Gasteiger partial charge in [0.25, 0.3) is 0 Å². The summed E-state index contributed by atoms with van der Waals surface area (Å²) in [6.07, 6.45) is -2.75. The number of nitrogens with two attached hydrogens (primary N) is 1. The lowest BCUT2D eigenvalue weighted by Crippen LogP contribution is -2.34. The molecule has 1 aliphatic heterocycles. The second kappa shape index (κ2) is 6.71. The molecule has 3 amide bonds. The van der Waals surface area contributed by atoms with Gasteiger partial charge >= 0.3 is 12.2 Å². The Morgan fingerprint density at radius 3 is 2.70 bits per heavy atom. The third kappa shape index (κ3) is 5.01. The third-order valence-electron chi connectivity index (χ3n) is 3.25. The number of rotatable bonds is 4. The van der Waals surface area contributed by atoms with Crippen LogP contribution in [0.25, 0.3) is 0 Å². The quantitative estimate of drug-likeness (QED) is 0.870. The molecular weight excluding hydrogens is 317 g/mol. The van der Waals surface area contributed by atoms with E-state index in [0.29, 0.717) is 18.7 Å². The van der Waals surface area contributed by atoms with Crippen LogP contribution in [0.4, 0.5) is 23.7 Å². The summed E-state index contributed by atoms with van der Waals surface area (Å²) in [5.74, 6) is -1.01. The lowest BCUT2D eigenvalue weighted by Gasteiger charge is -2.16. The molecule has 1 aliphatic rings. The maximum Gasteiger partial charge on any atom is 0.422 e. The summed E-state index contributed by atoms with van der Waals surface area (Å²) in [6, 6.07) is 2.16. The fraction of sp³-hybridized carbons (Fsp3) is 0.462. The number of amides is 3. The van der Waals surface area contributed by atoms with Gasteiger partial charge in [0.15, 0.2) is 6.61 Å². The van der Waals surface area contributed by atoms with Gasteiger partial charge in [-0.05, 0) is 12.5 Å². The molecule has 0 spiro atoms. The number of alkyl halides is 3. The van der Waals surface area contributed by atoms with E-state index >= 15 is 0 Å². The van der Waals surface area contributed by atoms with Gasteiger partial charge in [-0.15, -0.1) is 0 Å². The van der Waals surface area contributed by atoms with Crippen LogP contribution in [-0.2, 0) is 4.79 Å². The number of hydrogen-bond donors (Lipinski definition) is 2. The van der Waals surface area contributed by atoms with E-state index in [1.807, 2.05) is 0 Å². The minimum Gasteiger partial charge on any atom is -0.468 e. The number of anilines is 1. The van der Waals surface area contributed by atoms with Crippen molar-refractivity contribution in [3.05, 3.63) is 18.3 Å². The van der Waals surface area contributed by atoms with Crippen molar-refractivity contribution in [3.8, 4) is 5.88 Å². The van der Waals surface area contributed by atoms with Gasteiger partial charge in [0.05, 0.1) is 17.8 Å². The van der Waals surface area contributed by atoms with Crippen molar-refractivity contribution in [2.45, 2.75) is 12.6 Å². The minimum atomic E-state index is -4.44. The zero-order valence-electron chi connectivity index (χ0n) is 12.0. The van der Waals surface area contributed by atoms with E-state index in [4.69, 9.17) is 5.73 Å². The minimum absolute atomic E-state index is 0.199. The number of nitrogens with zero attached hydrogens (tertiary/aromatic N) is 2. The van der Waals surface area contributed by atoms with E-state index in [-0.39, 0.29) is 18.3 Å². The second-order valence-electron chi connectivity index (χ2n) is 5.05. The average Bonchev–Trinajstić information content (AvgIpc) is 2.96. The highest BCUT2D eigenvalue weighted by Crippen LogP contribution is 2.19. The van der Waals surface area contributed by atoms with E-state index in [1.54, 1.807) is 0 Å². The molecule has 1 aromatic heterocycles. The van der Waals surface area contributed by atoms with E-state index < -0.39 is 24.7 Å². The first kappa shape index (κ1) is 16.8. The third-order valence-corrected chi connectivity index (χ3v) is 3.25. The molecule has 2 heterocycles. The maximum atomic E-state index is 12.0. The Kier molecular flexibility index (Phi) is 4.92. The molecule has 0 aromatic carbocycles. The van der Waals surface area contributed by atoms with Gasteiger partial charge in [-0.25, -0.2) is 9.78 Å². The number of primary amides is 1. The molecule has 0 saturated carbocycles. The van der Waals surface area contributed by atoms with Crippen LogP contribution in [0.1, 0.15) is 6.42 Å². The normalized spacial score (nSPS) is 17.9. The SMILES string of the molecule is NC(=O)C1CCN(C(=O)Nc2ccc(OCC(F)(F)F)nc2)C1. The lowest BCUT2D eigenvalue weighted by atomic mass is 10.1. The van der Waals surface area contributed by atoms with Crippen molar-refractivity contribution < 1.29 is 27.5 Å². The van der Waals surface area contributed by atoms with Crippen molar-refractivity contribution in [2.75, 3.05) is 25.0 Å². The van der Waals surface area contributed by atoms with E-state index in [1.165, 1.54) is 23.2 Å². The summed E-state index contributed by atoms with van der Waals surface area (Å²) in [5, 5.41) is 2.54. The molecule has 126 valence electrons. The highest BCUT2D eigenvalue weighted by molar-refractivity contribution is 5.90. The molecule has 1 atom stereocenters. The van der Waals surface area contributed by atoms with Crippen molar-refractivity contribution in [1.29, 1.82) is 0 Å². The van der Waals surface area contributed by atoms with E-state index in [2.05, 4.69) is 15.0 Å². The predicted molar refractivity (Wildman–Crippen MR) is 73.7 cm³/mol. The molecule has 1 unspecified atom stereocenters. The Hall–Kier alpha value is -2.52. The topological polar surface area (TPSA) is 97.6 Å². The number of nitrogens with one attached hydrogen (secondary N) is 1. The Balaban J connectivity index is 1.86. The molecule has 1 fully saturated rings. The highest BCUT2D eigenvalue weighted by atomic mass is 19.4. The van der Waals surface area contributed by atoms with Crippen LogP contribution in [0.15, 0.2) is 18.3 Å². The number of pyridine rings is 1. The molecule has 1 aromatic rings. The zero-order valence-corrected chi connectivity index (χ0v) is 12.0. The standard InChI is InChI=1S/C13H15F3N4O3/c14-13(15,16)7-23-10-2-1-9(5-18-10)19-12(22)20-4-3-8(6-20)11(17)21/h1-2,5,8H,3-4,6-7H2,(H2,17,21)(H,19,22). The van der Waals surface area contributed by atoms with Gasteiger partial charge in [-0.3, -0.25) is 4.79 Å². The zero-order chi connectivity index (χ0) is 17.0. The molecule has 1 saturated heterocycles. The smallest absolute Gasteiger partial charge is 0.422 e. The molecule has 7 nitrogen and oxygen atoms in total. The summed E-state index contributed by atoms with van der Waals surface area (Å²) in [6.45, 7) is -0.797. The maximum absolute atomic E-state index is 12.0. The lowest BCUT2D eigenvalue weighted by molar-refractivity contribution is -0.154. The Morgan fingerprint density at radius 1 is 1.43 bits per heavy atom. The molecule has 10 heteroatoms. The van der Waals surface area contributed by atoms with Gasteiger partial charge in [-0.2, -0.15) is 13.2 Å². The number of hydrogen-bond acceptors (Lipinski definition) is 4. The first-order valence-corrected chi connectivity index (χ1v) is 6.75. The highest BCUT2D eigenvalue weighted by Gasteiger charge is 2.30. The van der Waals surface area contributed by atoms with Gasteiger partial charge < -0.3 is 20.7 Å². The molecule has 3 N–H and O–H groups in total. The molecule has 0 aliphatic carbocycles. The number of aromatic nitrogens is 1. The molecular formula is C13H15F3N4O3. The van der Waals surface area contributed by atoms with E-state index in [0.717, 1.165) is 0 Å². The van der Waals surface area contributed by atoms with Crippen molar-refractivity contribution in [3.63, 3.8) is 0 Å². The van der Waals surface area contributed by atoms with Crippen LogP contribution in [0, 0.1) is 5.92 Å². The summed E-state index contributed by atoms with van der Waals surface area (Å²) < 4.78 is 40.5. The molecule has 0 radical (unpaired) electrons. The molecule has 23 heavy (non-hydrogen) atoms. The Labute approximate surface area is 129 Å². The fourth-order valence-corrected chi connectivity index (χ4v) is 2.07. The van der Waals surface area contributed by atoms with Gasteiger partial charge in [-0.1, -0.05) is 0 Å². The van der Waals surface area contributed by atoms with Crippen LogP contribution < -0.4 is 15.8 Å². The number of likely N-dealkylation sites (tertiary alicyclic amines) is 1. The van der Waals surface area contributed by atoms with Crippen molar-refractivity contribution in [2.24, 2.45) is 11.7 Å². The summed E-state index contributed by atoms with van der Waals surface area (Å²) in [7, 11) is 0. The second-order valence-corrected chi connectivity index (χ2v) is 5.05. The van der Waals surface area contributed by atoms with Crippen LogP contribution in [0.3, 0.4) is 0 Å². The predicted octanol–water partition coefficient (Wildman–Crippen LogP) is 1.36. The molecule has 0 bridgehead atoms. The molecule has 2 rings (SSSR count). The van der Waals surface area contributed by atoms with Crippen LogP contribution in [-0.4, -0.2) is 47.7 Å². The van der Waals surface area contributed by atoms with Crippen molar-refractivity contribution in [1.82, 2.24) is 9.88 Å². The summed E-state index contributed by atoms with van der Waals surface area (Å²) in [5.41, 5.74) is 5.49. The van der Waals surface area contributed by atoms with Gasteiger partial charge in [0.1, 0.15) is 0 Å². The summed E-state index contributed by atoms with van der Waals surface area (Å²) in [4.78, 5) is 28.1. The first-order chi connectivity index (χ1) is 10.7. The largest absolute Gasteiger partial charge is 0.468 e. The first-order valence-electron chi connectivity index (χ1n) is 6.75. The monoisotopic (exact) mass is 332 g/mol. The fourth-order valence-electron chi connectivity index (χ4n) is 2.07. The number of ether oxygens (including phenoxy) is 1. The Bertz CT molecular complexity index is 577. The Morgan fingerprint density at radius 2 is 2.17 bits per heavy atom. The number of halogens is 3. The van der Waals surface area contributed by atoms with E-state index in [9.17, 15) is 22.8 Å². The van der Waals surface area contributed by atoms with Crippen LogP contribution in [0.2, 0.25) is 0 Å². The number of carbonyl (C=O) groups excluding carboxylic acids is 2. The van der Waals surface area contributed by atoms with Gasteiger partial charge in [0, 0.05) is 19.2 Å². The number of carbonyl (C=O) groups is 2. The van der Waals surface area contributed by atoms with Crippen LogP contribution in [0.5, 0.6) is 5.88 Å². The summed E-state index contributed by atoms with van der Waals surface area (Å²) >= 11 is 0. The number of urea groups is 1. The van der Waals surface area contributed by atoms with Crippen molar-refractivity contribution >= 4 is 17.6 Å². The average molecular weight is 332 g/mol. The van der Waals surface area contributed by atoms with Crippen LogP contribution >= 0.6 is 0 Å². The van der Waals surface area contributed by atoms with Gasteiger partial charge in [0.2, 0.25) is 11.8 Å².